The third-order valence-electron chi connectivity index (χ3n) is 4.77. The maximum Gasteiger partial charge on any atom is 0.341 e. The molecule has 31 heavy (non-hydrogen) atoms. The summed E-state index contributed by atoms with van der Waals surface area (Å²) in [6.07, 6.45) is 0. The van der Waals surface area contributed by atoms with E-state index in [0.29, 0.717) is 18.3 Å². The van der Waals surface area contributed by atoms with Crippen LogP contribution in [0, 0.1) is 12.8 Å². The van der Waals surface area contributed by atoms with E-state index in [1.165, 1.54) is 5.56 Å². The van der Waals surface area contributed by atoms with Crippen molar-refractivity contribution < 1.29 is 24.1 Å². The number of ether oxygens (including phenoxy) is 3. The molecule has 0 radical (unpaired) electrons. The molecule has 1 aliphatic heterocycles. The molecule has 1 N–H and O–H groups in total. The standard InChI is InChI=1S/C24H31NO5S/c1-17(2)15-29-20-11-19(14-25-6-8-28-9-7-25)12-22(13-20)31-21-4-5-23(18(3)10-21)30-16-24(26)27/h4-5,10-13,17H,6-9,14-16H2,1-3H3,(H,26,27). The quantitative estimate of drug-likeness (QED) is 0.578. The van der Waals surface area contributed by atoms with Crippen molar-refractivity contribution in [2.75, 3.05) is 39.5 Å². The first-order valence-electron chi connectivity index (χ1n) is 10.6. The van der Waals surface area contributed by atoms with Gasteiger partial charge in [0.15, 0.2) is 6.61 Å². The van der Waals surface area contributed by atoms with Crippen LogP contribution in [0.5, 0.6) is 11.5 Å². The molecule has 0 aromatic heterocycles. The van der Waals surface area contributed by atoms with Crippen molar-refractivity contribution in [1.82, 2.24) is 4.90 Å². The molecule has 0 spiro atoms. The number of rotatable bonds is 10. The highest BCUT2D eigenvalue weighted by atomic mass is 32.2. The first kappa shape index (κ1) is 23.4. The summed E-state index contributed by atoms with van der Waals surface area (Å²) in [5, 5.41) is 8.81. The number of benzene rings is 2. The number of carbonyl (C=O) groups is 1. The lowest BCUT2D eigenvalue weighted by Gasteiger charge is -2.27. The number of aryl methyl sites for hydroxylation is 1. The molecule has 1 fully saturated rings. The molecular weight excluding hydrogens is 414 g/mol. The van der Waals surface area contributed by atoms with Crippen LogP contribution in [0.15, 0.2) is 46.2 Å². The molecule has 6 nitrogen and oxygen atoms in total. The lowest BCUT2D eigenvalue weighted by atomic mass is 10.2. The van der Waals surface area contributed by atoms with Gasteiger partial charge in [0.1, 0.15) is 11.5 Å². The fourth-order valence-corrected chi connectivity index (χ4v) is 4.30. The molecular formula is C24H31NO5S. The highest BCUT2D eigenvalue weighted by molar-refractivity contribution is 7.99. The van der Waals surface area contributed by atoms with Crippen LogP contribution in [0.2, 0.25) is 0 Å². The van der Waals surface area contributed by atoms with Crippen molar-refractivity contribution in [1.29, 1.82) is 0 Å². The third kappa shape index (κ3) is 7.76. The largest absolute Gasteiger partial charge is 0.493 e. The van der Waals surface area contributed by atoms with Gasteiger partial charge in [-0.15, -0.1) is 0 Å². The fourth-order valence-electron chi connectivity index (χ4n) is 3.27. The summed E-state index contributed by atoms with van der Waals surface area (Å²) in [5.74, 6) is 0.956. The summed E-state index contributed by atoms with van der Waals surface area (Å²) >= 11 is 1.66. The summed E-state index contributed by atoms with van der Waals surface area (Å²) in [5.41, 5.74) is 2.13. The summed E-state index contributed by atoms with van der Waals surface area (Å²) in [6.45, 7) is 10.9. The lowest BCUT2D eigenvalue weighted by molar-refractivity contribution is -0.139. The van der Waals surface area contributed by atoms with E-state index in [-0.39, 0.29) is 6.61 Å². The van der Waals surface area contributed by atoms with Gasteiger partial charge in [0.2, 0.25) is 0 Å². The second kappa shape index (κ2) is 11.4. The maximum atomic E-state index is 10.7. The number of carboxylic acid groups (broad SMARTS) is 1. The second-order valence-electron chi connectivity index (χ2n) is 8.12. The lowest BCUT2D eigenvalue weighted by Crippen LogP contribution is -2.35. The molecule has 0 amide bonds. The molecule has 0 unspecified atom stereocenters. The van der Waals surface area contributed by atoms with Crippen LogP contribution >= 0.6 is 11.8 Å². The van der Waals surface area contributed by atoms with Crippen LogP contribution in [0.25, 0.3) is 0 Å². The molecule has 0 saturated carbocycles. The number of hydrogen-bond donors (Lipinski definition) is 1. The van der Waals surface area contributed by atoms with Crippen molar-refractivity contribution in [3.8, 4) is 11.5 Å². The van der Waals surface area contributed by atoms with E-state index in [9.17, 15) is 4.79 Å². The number of carboxylic acids is 1. The van der Waals surface area contributed by atoms with Crippen LogP contribution in [0.1, 0.15) is 25.0 Å². The summed E-state index contributed by atoms with van der Waals surface area (Å²) < 4.78 is 16.8. The fraction of sp³-hybridized carbons (Fsp3) is 0.458. The van der Waals surface area contributed by atoms with Gasteiger partial charge in [0, 0.05) is 29.4 Å². The smallest absolute Gasteiger partial charge is 0.341 e. The minimum absolute atomic E-state index is 0.340. The van der Waals surface area contributed by atoms with E-state index in [1.54, 1.807) is 11.8 Å². The van der Waals surface area contributed by atoms with Gasteiger partial charge in [-0.25, -0.2) is 4.79 Å². The van der Waals surface area contributed by atoms with Gasteiger partial charge < -0.3 is 19.3 Å². The Kier molecular flexibility index (Phi) is 8.63. The average molecular weight is 446 g/mol. The number of morpholine rings is 1. The molecule has 1 aliphatic rings. The Morgan fingerprint density at radius 1 is 1.13 bits per heavy atom. The minimum Gasteiger partial charge on any atom is -0.493 e. The number of aliphatic carboxylic acids is 1. The zero-order valence-corrected chi connectivity index (χ0v) is 19.2. The van der Waals surface area contributed by atoms with Crippen LogP contribution in [-0.4, -0.2) is 55.5 Å². The van der Waals surface area contributed by atoms with Crippen LogP contribution in [-0.2, 0) is 16.1 Å². The molecule has 0 aliphatic carbocycles. The predicted octanol–water partition coefficient (Wildman–Crippen LogP) is 4.48. The van der Waals surface area contributed by atoms with E-state index in [0.717, 1.165) is 54.0 Å². The van der Waals surface area contributed by atoms with Gasteiger partial charge in [-0.3, -0.25) is 4.90 Å². The Bertz CT molecular complexity index is 880. The first-order chi connectivity index (χ1) is 14.9. The van der Waals surface area contributed by atoms with E-state index < -0.39 is 5.97 Å². The topological polar surface area (TPSA) is 68.2 Å². The van der Waals surface area contributed by atoms with Gasteiger partial charge in [-0.1, -0.05) is 25.6 Å². The summed E-state index contributed by atoms with van der Waals surface area (Å²) in [4.78, 5) is 15.3. The van der Waals surface area contributed by atoms with E-state index in [1.807, 2.05) is 25.1 Å². The van der Waals surface area contributed by atoms with E-state index in [4.69, 9.17) is 19.3 Å². The van der Waals surface area contributed by atoms with Crippen LogP contribution < -0.4 is 9.47 Å². The Hall–Kier alpha value is -2.22. The Morgan fingerprint density at radius 3 is 2.58 bits per heavy atom. The van der Waals surface area contributed by atoms with Crippen molar-refractivity contribution >= 4 is 17.7 Å². The van der Waals surface area contributed by atoms with Crippen LogP contribution in [0.4, 0.5) is 0 Å². The Morgan fingerprint density at radius 2 is 1.90 bits per heavy atom. The Balaban J connectivity index is 1.76. The zero-order chi connectivity index (χ0) is 22.2. The number of nitrogens with zero attached hydrogens (tertiary/aromatic N) is 1. The number of hydrogen-bond acceptors (Lipinski definition) is 6. The maximum absolute atomic E-state index is 10.7. The molecule has 2 aromatic rings. The zero-order valence-electron chi connectivity index (χ0n) is 18.4. The highest BCUT2D eigenvalue weighted by Gasteiger charge is 2.13. The van der Waals surface area contributed by atoms with Crippen molar-refractivity contribution in [2.45, 2.75) is 37.1 Å². The molecule has 0 atom stereocenters. The molecule has 0 bridgehead atoms. The molecule has 7 heteroatoms. The van der Waals surface area contributed by atoms with E-state index >= 15 is 0 Å². The van der Waals surface area contributed by atoms with Gasteiger partial charge in [-0.05, 0) is 60.4 Å². The molecule has 1 heterocycles. The molecule has 168 valence electrons. The van der Waals surface area contributed by atoms with E-state index in [2.05, 4.69) is 36.9 Å². The predicted molar refractivity (Wildman–Crippen MR) is 121 cm³/mol. The Labute approximate surface area is 188 Å². The monoisotopic (exact) mass is 445 g/mol. The van der Waals surface area contributed by atoms with Crippen molar-refractivity contribution in [2.24, 2.45) is 5.92 Å². The SMILES string of the molecule is Cc1cc(Sc2cc(CN3CCOCC3)cc(OCC(C)C)c2)ccc1OCC(=O)O. The minimum atomic E-state index is -0.983. The van der Waals surface area contributed by atoms with Gasteiger partial charge in [0.05, 0.1) is 19.8 Å². The van der Waals surface area contributed by atoms with Gasteiger partial charge in [-0.2, -0.15) is 0 Å². The second-order valence-corrected chi connectivity index (χ2v) is 9.26. The average Bonchev–Trinajstić information content (AvgIpc) is 2.72. The van der Waals surface area contributed by atoms with Gasteiger partial charge in [0.25, 0.3) is 0 Å². The normalized spacial score (nSPS) is 14.6. The third-order valence-corrected chi connectivity index (χ3v) is 5.73. The highest BCUT2D eigenvalue weighted by Crippen LogP contribution is 2.34. The van der Waals surface area contributed by atoms with Gasteiger partial charge >= 0.3 is 5.97 Å². The van der Waals surface area contributed by atoms with Crippen LogP contribution in [0.3, 0.4) is 0 Å². The molecule has 1 saturated heterocycles. The summed E-state index contributed by atoms with van der Waals surface area (Å²) in [7, 11) is 0. The first-order valence-corrected chi connectivity index (χ1v) is 11.4. The summed E-state index contributed by atoms with van der Waals surface area (Å²) in [6, 6.07) is 12.2. The molecule has 2 aromatic carbocycles. The molecule has 3 rings (SSSR count). The van der Waals surface area contributed by atoms with Crippen molar-refractivity contribution in [3.05, 3.63) is 47.5 Å². The van der Waals surface area contributed by atoms with Crippen molar-refractivity contribution in [3.63, 3.8) is 0 Å².